The minimum Gasteiger partial charge on any atom is -0.351 e. The molecular formula is C14H18BrCl2NO. The Kier molecular flexibility index (Phi) is 6.64. The lowest BCUT2D eigenvalue weighted by atomic mass is 9.88. The number of carbonyl (C=O) groups is 1. The predicted molar refractivity (Wildman–Crippen MR) is 85.2 cm³/mol. The largest absolute Gasteiger partial charge is 0.351 e. The van der Waals surface area contributed by atoms with Crippen molar-refractivity contribution < 1.29 is 4.79 Å². The molecule has 0 bridgehead atoms. The first-order valence-electron chi connectivity index (χ1n) is 6.15. The van der Waals surface area contributed by atoms with Crippen molar-refractivity contribution in [3.05, 3.63) is 33.3 Å². The Morgan fingerprint density at radius 1 is 1.42 bits per heavy atom. The van der Waals surface area contributed by atoms with Gasteiger partial charge in [-0.05, 0) is 36.5 Å². The molecule has 0 aliphatic carbocycles. The van der Waals surface area contributed by atoms with E-state index in [-0.39, 0.29) is 11.3 Å². The predicted octanol–water partition coefficient (Wildman–Crippen LogP) is 4.88. The van der Waals surface area contributed by atoms with Gasteiger partial charge in [-0.15, -0.1) is 11.6 Å². The summed E-state index contributed by atoms with van der Waals surface area (Å²) < 4.78 is 0.858. The van der Waals surface area contributed by atoms with Crippen LogP contribution in [0.25, 0.3) is 0 Å². The Labute approximate surface area is 133 Å². The molecule has 2 nitrogen and oxygen atoms in total. The third kappa shape index (κ3) is 5.72. The minimum atomic E-state index is -0.142. The lowest BCUT2D eigenvalue weighted by Gasteiger charge is -2.24. The Bertz CT molecular complexity index is 449. The third-order valence-electron chi connectivity index (χ3n) is 2.89. The number of nitrogens with one attached hydrogen (secondary N) is 1. The van der Waals surface area contributed by atoms with Crippen molar-refractivity contribution in [2.75, 3.05) is 12.4 Å². The van der Waals surface area contributed by atoms with Crippen LogP contribution in [0.15, 0.2) is 22.7 Å². The summed E-state index contributed by atoms with van der Waals surface area (Å²) in [6.45, 7) is 4.83. The molecular weight excluding hydrogens is 349 g/mol. The van der Waals surface area contributed by atoms with E-state index >= 15 is 0 Å². The van der Waals surface area contributed by atoms with Gasteiger partial charge in [-0.3, -0.25) is 4.79 Å². The highest BCUT2D eigenvalue weighted by molar-refractivity contribution is 9.10. The van der Waals surface area contributed by atoms with Crippen LogP contribution in [-0.2, 0) is 0 Å². The van der Waals surface area contributed by atoms with E-state index in [0.29, 0.717) is 23.0 Å². The van der Waals surface area contributed by atoms with Gasteiger partial charge in [-0.25, -0.2) is 0 Å². The average molecular weight is 367 g/mol. The Morgan fingerprint density at radius 2 is 2.11 bits per heavy atom. The highest BCUT2D eigenvalue weighted by Crippen LogP contribution is 2.23. The van der Waals surface area contributed by atoms with Gasteiger partial charge < -0.3 is 5.32 Å². The van der Waals surface area contributed by atoms with Crippen LogP contribution in [0.3, 0.4) is 0 Å². The first-order chi connectivity index (χ1) is 8.85. The summed E-state index contributed by atoms with van der Waals surface area (Å²) in [7, 11) is 0. The van der Waals surface area contributed by atoms with Crippen LogP contribution < -0.4 is 5.32 Å². The first kappa shape index (κ1) is 16.8. The van der Waals surface area contributed by atoms with E-state index in [9.17, 15) is 4.79 Å². The van der Waals surface area contributed by atoms with Crippen molar-refractivity contribution in [3.8, 4) is 0 Å². The van der Waals surface area contributed by atoms with E-state index in [4.69, 9.17) is 23.2 Å². The number of hydrogen-bond acceptors (Lipinski definition) is 1. The van der Waals surface area contributed by atoms with Crippen LogP contribution in [-0.4, -0.2) is 18.3 Å². The lowest BCUT2D eigenvalue weighted by Crippen LogP contribution is -2.34. The number of benzene rings is 1. The van der Waals surface area contributed by atoms with Gasteiger partial charge >= 0.3 is 0 Å². The maximum Gasteiger partial charge on any atom is 0.252 e. The van der Waals surface area contributed by atoms with Crippen LogP contribution in [0.5, 0.6) is 0 Å². The molecule has 0 saturated carbocycles. The highest BCUT2D eigenvalue weighted by atomic mass is 79.9. The molecule has 0 atom stereocenters. The monoisotopic (exact) mass is 365 g/mol. The summed E-state index contributed by atoms with van der Waals surface area (Å²) in [5, 5.41) is 3.38. The first-order valence-corrected chi connectivity index (χ1v) is 7.85. The zero-order valence-electron chi connectivity index (χ0n) is 11.1. The van der Waals surface area contributed by atoms with Gasteiger partial charge in [0.1, 0.15) is 0 Å². The molecule has 0 aliphatic rings. The third-order valence-corrected chi connectivity index (χ3v) is 3.96. The van der Waals surface area contributed by atoms with E-state index in [1.807, 2.05) is 0 Å². The second-order valence-corrected chi connectivity index (χ2v) is 6.96. The number of carbonyl (C=O) groups excluding carboxylic acids is 1. The Hall–Kier alpha value is -0.250. The molecule has 1 aromatic carbocycles. The van der Waals surface area contributed by atoms with Crippen LogP contribution in [0.1, 0.15) is 37.0 Å². The molecule has 0 saturated heterocycles. The fourth-order valence-electron chi connectivity index (χ4n) is 1.72. The molecule has 1 N–H and O–H groups in total. The molecule has 0 radical (unpaired) electrons. The quantitative estimate of drug-likeness (QED) is 0.714. The van der Waals surface area contributed by atoms with Crippen LogP contribution in [0, 0.1) is 5.41 Å². The van der Waals surface area contributed by atoms with Crippen LogP contribution in [0.2, 0.25) is 5.02 Å². The summed E-state index contributed by atoms with van der Waals surface area (Å²) in [4.78, 5) is 12.1. The maximum absolute atomic E-state index is 12.1. The standard InChI is InChI=1S/C14H18BrCl2NO/c1-14(2,6-3-7-16)9-18-13(19)11-5-4-10(15)8-12(11)17/h4-5,8H,3,6-7,9H2,1-2H3,(H,18,19). The number of alkyl halides is 1. The molecule has 0 unspecified atom stereocenters. The molecule has 0 fully saturated rings. The topological polar surface area (TPSA) is 29.1 Å². The fourth-order valence-corrected chi connectivity index (χ4v) is 2.62. The molecule has 0 aromatic heterocycles. The van der Waals surface area contributed by atoms with E-state index < -0.39 is 0 Å². The molecule has 0 heterocycles. The van der Waals surface area contributed by atoms with Crippen molar-refractivity contribution in [2.45, 2.75) is 26.7 Å². The van der Waals surface area contributed by atoms with E-state index in [1.54, 1.807) is 18.2 Å². The van der Waals surface area contributed by atoms with Crippen molar-refractivity contribution in [3.63, 3.8) is 0 Å². The summed E-state index contributed by atoms with van der Waals surface area (Å²) in [6, 6.07) is 5.24. The van der Waals surface area contributed by atoms with Crippen molar-refractivity contribution >= 4 is 45.0 Å². The zero-order valence-corrected chi connectivity index (χ0v) is 14.2. The summed E-state index contributed by atoms with van der Waals surface area (Å²) in [5.74, 6) is 0.507. The van der Waals surface area contributed by atoms with Gasteiger partial charge in [0.05, 0.1) is 10.6 Å². The minimum absolute atomic E-state index is 0.0341. The molecule has 1 amide bonds. The Balaban J connectivity index is 2.60. The second-order valence-electron chi connectivity index (χ2n) is 5.26. The van der Waals surface area contributed by atoms with E-state index in [2.05, 4.69) is 35.1 Å². The Morgan fingerprint density at radius 3 is 2.68 bits per heavy atom. The van der Waals surface area contributed by atoms with Crippen LogP contribution >= 0.6 is 39.1 Å². The van der Waals surface area contributed by atoms with Gasteiger partial charge in [-0.1, -0.05) is 41.4 Å². The van der Waals surface area contributed by atoms with Gasteiger partial charge in [-0.2, -0.15) is 0 Å². The molecule has 19 heavy (non-hydrogen) atoms. The normalized spacial score (nSPS) is 11.4. The van der Waals surface area contributed by atoms with Gasteiger partial charge in [0.2, 0.25) is 0 Å². The molecule has 5 heteroatoms. The molecule has 1 rings (SSSR count). The van der Waals surface area contributed by atoms with E-state index in [0.717, 1.165) is 17.3 Å². The average Bonchev–Trinajstić information content (AvgIpc) is 2.34. The number of rotatable bonds is 6. The van der Waals surface area contributed by atoms with Crippen molar-refractivity contribution in [1.82, 2.24) is 5.32 Å². The summed E-state index contributed by atoms with van der Waals surface area (Å²) in [6.07, 6.45) is 1.92. The highest BCUT2D eigenvalue weighted by Gasteiger charge is 2.19. The van der Waals surface area contributed by atoms with Crippen molar-refractivity contribution in [2.24, 2.45) is 5.41 Å². The fraction of sp³-hybridized carbons (Fsp3) is 0.500. The smallest absolute Gasteiger partial charge is 0.252 e. The molecule has 0 aliphatic heterocycles. The maximum atomic E-state index is 12.1. The van der Waals surface area contributed by atoms with Gasteiger partial charge in [0.15, 0.2) is 0 Å². The lowest BCUT2D eigenvalue weighted by molar-refractivity contribution is 0.0934. The molecule has 106 valence electrons. The second kappa shape index (κ2) is 7.51. The van der Waals surface area contributed by atoms with Crippen molar-refractivity contribution in [1.29, 1.82) is 0 Å². The van der Waals surface area contributed by atoms with Gasteiger partial charge in [0, 0.05) is 16.9 Å². The number of halogens is 3. The number of hydrogen-bond donors (Lipinski definition) is 1. The summed E-state index contributed by atoms with van der Waals surface area (Å²) in [5.41, 5.74) is 0.532. The van der Waals surface area contributed by atoms with Gasteiger partial charge in [0.25, 0.3) is 5.91 Å². The summed E-state index contributed by atoms with van der Waals surface area (Å²) >= 11 is 15.1. The molecule has 0 spiro atoms. The zero-order chi connectivity index (χ0) is 14.5. The molecule has 1 aromatic rings. The SMILES string of the molecule is CC(C)(CCCCl)CNC(=O)c1ccc(Br)cc1Cl. The van der Waals surface area contributed by atoms with Crippen LogP contribution in [0.4, 0.5) is 0 Å². The number of amides is 1. The van der Waals surface area contributed by atoms with E-state index in [1.165, 1.54) is 0 Å².